The third kappa shape index (κ3) is 2.43. The number of nitrogens with zero attached hydrogens (tertiary/aromatic N) is 2. The third-order valence-electron chi connectivity index (χ3n) is 4.82. The van der Waals surface area contributed by atoms with E-state index in [1.165, 1.54) is 43.4 Å². The van der Waals surface area contributed by atoms with Crippen molar-refractivity contribution >= 4 is 16.7 Å². The van der Waals surface area contributed by atoms with Crippen LogP contribution >= 0.6 is 0 Å². The molecule has 2 aromatic rings. The predicted octanol–water partition coefficient (Wildman–Crippen LogP) is 4.60. The molecule has 0 radical (unpaired) electrons. The number of hydrogen-bond acceptors (Lipinski definition) is 2. The number of benzene rings is 1. The second-order valence-electron chi connectivity index (χ2n) is 7.83. The largest absolute Gasteiger partial charge is 0.399 e. The standard InChI is InChI=1S/C18H27N3/c1-17(2,3)16-20-14-12-13(19)8-9-15(14)21(16)18(4)10-6-5-7-11-18/h8-9,12H,5-7,10-11,19H2,1-4H3. The number of imidazole rings is 1. The van der Waals surface area contributed by atoms with Crippen molar-refractivity contribution in [1.29, 1.82) is 0 Å². The summed E-state index contributed by atoms with van der Waals surface area (Å²) in [6, 6.07) is 6.15. The van der Waals surface area contributed by atoms with Crippen LogP contribution in [0.2, 0.25) is 0 Å². The van der Waals surface area contributed by atoms with Crippen LogP contribution in [-0.4, -0.2) is 9.55 Å². The van der Waals surface area contributed by atoms with Gasteiger partial charge >= 0.3 is 0 Å². The van der Waals surface area contributed by atoms with Gasteiger partial charge in [0.25, 0.3) is 0 Å². The second-order valence-corrected chi connectivity index (χ2v) is 7.83. The molecule has 1 aliphatic rings. The van der Waals surface area contributed by atoms with Crippen molar-refractivity contribution in [3.8, 4) is 0 Å². The summed E-state index contributed by atoms with van der Waals surface area (Å²) in [4.78, 5) is 4.95. The van der Waals surface area contributed by atoms with Crippen molar-refractivity contribution in [2.24, 2.45) is 0 Å². The summed E-state index contributed by atoms with van der Waals surface area (Å²) in [5.41, 5.74) is 9.24. The zero-order valence-corrected chi connectivity index (χ0v) is 13.7. The highest BCUT2D eigenvalue weighted by molar-refractivity contribution is 5.80. The van der Waals surface area contributed by atoms with E-state index in [4.69, 9.17) is 10.7 Å². The molecule has 1 saturated carbocycles. The van der Waals surface area contributed by atoms with Crippen LogP contribution < -0.4 is 5.73 Å². The minimum Gasteiger partial charge on any atom is -0.399 e. The molecule has 114 valence electrons. The number of fused-ring (bicyclic) bond motifs is 1. The van der Waals surface area contributed by atoms with E-state index < -0.39 is 0 Å². The number of anilines is 1. The van der Waals surface area contributed by atoms with Gasteiger partial charge in [-0.1, -0.05) is 40.0 Å². The van der Waals surface area contributed by atoms with Crippen molar-refractivity contribution < 1.29 is 0 Å². The van der Waals surface area contributed by atoms with Crippen LogP contribution in [-0.2, 0) is 11.0 Å². The SMILES string of the molecule is CC(C)(C)c1nc2cc(N)ccc2n1C1(C)CCCCC1. The van der Waals surface area contributed by atoms with Crippen molar-refractivity contribution in [1.82, 2.24) is 9.55 Å². The Bertz CT molecular complexity index is 655. The van der Waals surface area contributed by atoms with E-state index in [1.807, 2.05) is 12.1 Å². The molecule has 0 unspecified atom stereocenters. The summed E-state index contributed by atoms with van der Waals surface area (Å²) in [6.07, 6.45) is 6.47. The molecule has 21 heavy (non-hydrogen) atoms. The summed E-state index contributed by atoms with van der Waals surface area (Å²) in [6.45, 7) is 9.15. The van der Waals surface area contributed by atoms with Gasteiger partial charge in [0.1, 0.15) is 5.82 Å². The molecule has 1 aromatic heterocycles. The Morgan fingerprint density at radius 2 is 1.81 bits per heavy atom. The molecule has 2 N–H and O–H groups in total. The molecule has 3 nitrogen and oxygen atoms in total. The highest BCUT2D eigenvalue weighted by atomic mass is 15.2. The van der Waals surface area contributed by atoms with Gasteiger partial charge in [-0.3, -0.25) is 0 Å². The lowest BCUT2D eigenvalue weighted by Gasteiger charge is -2.39. The van der Waals surface area contributed by atoms with Crippen LogP contribution in [0.1, 0.15) is 65.6 Å². The minimum atomic E-state index is 0.0360. The maximum Gasteiger partial charge on any atom is 0.115 e. The van der Waals surface area contributed by atoms with Crippen LogP contribution in [0.5, 0.6) is 0 Å². The average molecular weight is 285 g/mol. The number of rotatable bonds is 1. The zero-order valence-electron chi connectivity index (χ0n) is 13.7. The maximum absolute atomic E-state index is 5.95. The Balaban J connectivity index is 2.27. The molecule has 0 saturated heterocycles. The minimum absolute atomic E-state index is 0.0360. The number of nitrogen functional groups attached to an aromatic ring is 1. The fourth-order valence-corrected chi connectivity index (χ4v) is 3.68. The predicted molar refractivity (Wildman–Crippen MR) is 89.6 cm³/mol. The summed E-state index contributed by atoms with van der Waals surface area (Å²) in [7, 11) is 0. The molecule has 0 atom stereocenters. The Hall–Kier alpha value is -1.51. The lowest BCUT2D eigenvalue weighted by atomic mass is 9.81. The number of nitrogens with two attached hydrogens (primary N) is 1. The summed E-state index contributed by atoms with van der Waals surface area (Å²) in [5, 5.41) is 0. The topological polar surface area (TPSA) is 43.8 Å². The van der Waals surface area contributed by atoms with E-state index in [9.17, 15) is 0 Å². The molecule has 0 bridgehead atoms. The van der Waals surface area contributed by atoms with Crippen LogP contribution in [0, 0.1) is 0 Å². The first kappa shape index (κ1) is 14.4. The van der Waals surface area contributed by atoms with E-state index in [1.54, 1.807) is 0 Å². The van der Waals surface area contributed by atoms with Crippen molar-refractivity contribution in [3.05, 3.63) is 24.0 Å². The summed E-state index contributed by atoms with van der Waals surface area (Å²) < 4.78 is 2.51. The summed E-state index contributed by atoms with van der Waals surface area (Å²) in [5.74, 6) is 1.19. The highest BCUT2D eigenvalue weighted by Gasteiger charge is 2.35. The Labute approximate surface area is 127 Å². The van der Waals surface area contributed by atoms with Crippen LogP contribution in [0.15, 0.2) is 18.2 Å². The van der Waals surface area contributed by atoms with Gasteiger partial charge in [-0.2, -0.15) is 0 Å². The highest BCUT2D eigenvalue weighted by Crippen LogP contribution is 2.40. The monoisotopic (exact) mass is 285 g/mol. The third-order valence-corrected chi connectivity index (χ3v) is 4.82. The molecule has 1 heterocycles. The smallest absolute Gasteiger partial charge is 0.115 e. The first-order valence-electron chi connectivity index (χ1n) is 8.10. The first-order valence-corrected chi connectivity index (χ1v) is 8.10. The Morgan fingerprint density at radius 1 is 1.14 bits per heavy atom. The van der Waals surface area contributed by atoms with Crippen LogP contribution in [0.3, 0.4) is 0 Å². The van der Waals surface area contributed by atoms with Gasteiger partial charge in [0, 0.05) is 16.6 Å². The zero-order chi connectivity index (χ0) is 15.3. The van der Waals surface area contributed by atoms with Gasteiger partial charge in [0.15, 0.2) is 0 Å². The molecule has 3 rings (SSSR count). The van der Waals surface area contributed by atoms with Gasteiger partial charge < -0.3 is 10.3 Å². The van der Waals surface area contributed by atoms with Crippen LogP contribution in [0.25, 0.3) is 11.0 Å². The molecule has 0 spiro atoms. The second kappa shape index (κ2) is 4.75. The van der Waals surface area contributed by atoms with Gasteiger partial charge in [0.05, 0.1) is 11.0 Å². The lowest BCUT2D eigenvalue weighted by molar-refractivity contribution is 0.212. The Morgan fingerprint density at radius 3 is 2.43 bits per heavy atom. The first-order chi connectivity index (χ1) is 9.81. The Kier molecular flexibility index (Phi) is 3.27. The molecule has 0 amide bonds. The van der Waals surface area contributed by atoms with Crippen molar-refractivity contribution in [3.63, 3.8) is 0 Å². The van der Waals surface area contributed by atoms with E-state index in [2.05, 4.69) is 38.3 Å². The van der Waals surface area contributed by atoms with E-state index >= 15 is 0 Å². The normalized spacial score (nSPS) is 19.0. The van der Waals surface area contributed by atoms with E-state index in [0.29, 0.717) is 0 Å². The maximum atomic E-state index is 5.95. The molecule has 1 aliphatic carbocycles. The quantitative estimate of drug-likeness (QED) is 0.778. The number of hydrogen-bond donors (Lipinski definition) is 1. The molecule has 1 fully saturated rings. The van der Waals surface area contributed by atoms with Gasteiger partial charge in [0.2, 0.25) is 0 Å². The van der Waals surface area contributed by atoms with Gasteiger partial charge in [-0.05, 0) is 38.0 Å². The summed E-state index contributed by atoms with van der Waals surface area (Å²) >= 11 is 0. The molecular weight excluding hydrogens is 258 g/mol. The van der Waals surface area contributed by atoms with E-state index in [-0.39, 0.29) is 11.0 Å². The van der Waals surface area contributed by atoms with Gasteiger partial charge in [-0.25, -0.2) is 4.98 Å². The molecule has 0 aliphatic heterocycles. The van der Waals surface area contributed by atoms with Crippen LogP contribution in [0.4, 0.5) is 5.69 Å². The average Bonchev–Trinajstić information content (AvgIpc) is 2.78. The van der Waals surface area contributed by atoms with E-state index in [0.717, 1.165) is 11.2 Å². The number of aromatic nitrogens is 2. The van der Waals surface area contributed by atoms with Crippen molar-refractivity contribution in [2.45, 2.75) is 70.8 Å². The molecule has 3 heteroatoms. The lowest BCUT2D eigenvalue weighted by Crippen LogP contribution is -2.36. The van der Waals surface area contributed by atoms with Gasteiger partial charge in [-0.15, -0.1) is 0 Å². The molecular formula is C18H27N3. The molecule has 1 aromatic carbocycles. The van der Waals surface area contributed by atoms with Crippen molar-refractivity contribution in [2.75, 3.05) is 5.73 Å². The fraction of sp³-hybridized carbons (Fsp3) is 0.611. The fourth-order valence-electron chi connectivity index (χ4n) is 3.68.